The van der Waals surface area contributed by atoms with Crippen LogP contribution in [-0.4, -0.2) is 118 Å². The average Bonchev–Trinajstić information content (AvgIpc) is 1.84. The normalized spacial score (nSPS) is 13.8. The molecule has 8 amide bonds. The first-order valence-corrected chi connectivity index (χ1v) is 30.7. The summed E-state index contributed by atoms with van der Waals surface area (Å²) in [5, 5.41) is 27.1. The van der Waals surface area contributed by atoms with Gasteiger partial charge in [-0.3, -0.25) is 38.4 Å². The molecule has 0 bridgehead atoms. The summed E-state index contributed by atoms with van der Waals surface area (Å²) in [5.74, 6) is 0.130. The molecule has 20 nitrogen and oxygen atoms in total. The maximum Gasteiger partial charge on any atom is 0.253 e. The predicted molar refractivity (Wildman–Crippen MR) is 339 cm³/mol. The molecule has 0 aliphatic carbocycles. The second-order valence-corrected chi connectivity index (χ2v) is 22.4. The summed E-state index contributed by atoms with van der Waals surface area (Å²) in [7, 11) is 0. The Balaban J connectivity index is 0.000000139. The molecule has 0 atom stereocenters. The SMILES string of the molecule is CC(=O)NCCCCCCn1c2c(c3ccccc31)C(=O)NCC2.CC(=O)NCCCCn1c2c(c3ccccc31)C(=O)NCC2.CC(=O)NCCCn1c2c(c3ccccc31)C(=O)NCC2.CC(=O)NCCn1c2c(c3ccccc31)C(=O)NCC2. The Bertz CT molecular complexity index is 3840. The third-order valence-electron chi connectivity index (χ3n) is 16.3. The standard InChI is InChI=1S/C19H25N3O2.C17H21N3O2.C16H19N3O2.C15H17N3O2/c1-14(23)20-11-6-2-3-7-13-22-16-9-5-4-8-15(16)18-17(22)10-12-21-19(18)24;1-12(21)18-9-4-5-11-20-14-7-3-2-6-13(14)16-15(20)8-10-19-17(16)22;1-11(20)17-8-4-10-19-13-6-3-2-5-12(13)15-14(19)7-9-18-16(15)21;1-10(19)16-8-9-18-12-5-3-2-4-11(12)14-13(18)6-7-17-15(14)20/h4-5,8-9H,2-3,6-7,10-13H2,1H3,(H,20,23)(H,21,24);2-3,6-7H,4-5,8-11H2,1H3,(H,18,21)(H,19,22);2-3,5-6H,4,7-10H2,1H3,(H,17,20)(H,18,21);2-5H,6-9H2,1H3,(H,16,19)(H,17,20). The van der Waals surface area contributed by atoms with E-state index in [9.17, 15) is 38.4 Å². The van der Waals surface area contributed by atoms with E-state index in [2.05, 4.69) is 79.0 Å². The number of nitrogens with zero attached hydrogens (tertiary/aromatic N) is 4. The second kappa shape index (κ2) is 29.7. The van der Waals surface area contributed by atoms with Crippen molar-refractivity contribution in [1.29, 1.82) is 0 Å². The van der Waals surface area contributed by atoms with Crippen LogP contribution in [0.1, 0.15) is 137 Å². The number of unbranched alkanes of at least 4 members (excludes halogenated alkanes) is 4. The molecule has 4 aliphatic heterocycles. The number of amides is 8. The smallest absolute Gasteiger partial charge is 0.253 e. The Morgan fingerprint density at radius 3 is 0.920 bits per heavy atom. The van der Waals surface area contributed by atoms with Crippen molar-refractivity contribution in [2.75, 3.05) is 52.4 Å². The van der Waals surface area contributed by atoms with E-state index < -0.39 is 0 Å². The molecule has 0 unspecified atom stereocenters. The molecule has 0 fully saturated rings. The summed E-state index contributed by atoms with van der Waals surface area (Å²) in [6.07, 6.45) is 10.6. The molecule has 8 heterocycles. The number of carbonyl (C=O) groups excluding carboxylic acids is 8. The van der Waals surface area contributed by atoms with Gasteiger partial charge in [-0.25, -0.2) is 0 Å². The lowest BCUT2D eigenvalue weighted by Gasteiger charge is -2.16. The fourth-order valence-corrected chi connectivity index (χ4v) is 12.5. The van der Waals surface area contributed by atoms with Gasteiger partial charge in [0.25, 0.3) is 23.6 Å². The highest BCUT2D eigenvalue weighted by atomic mass is 16.2. The Labute approximate surface area is 506 Å². The highest BCUT2D eigenvalue weighted by Gasteiger charge is 2.29. The van der Waals surface area contributed by atoms with Crippen molar-refractivity contribution in [2.24, 2.45) is 0 Å². The maximum atomic E-state index is 12.3. The molecular formula is C67H82N12O8. The molecule has 0 radical (unpaired) electrons. The zero-order chi connectivity index (χ0) is 61.4. The number of hydrogen-bond acceptors (Lipinski definition) is 8. The summed E-state index contributed by atoms with van der Waals surface area (Å²) in [4.78, 5) is 92.3. The summed E-state index contributed by atoms with van der Waals surface area (Å²) in [6, 6.07) is 32.2. The minimum absolute atomic E-state index is 0.000673. The molecule has 4 aromatic carbocycles. The van der Waals surface area contributed by atoms with E-state index in [1.54, 1.807) is 6.92 Å². The predicted octanol–water partition coefficient (Wildman–Crippen LogP) is 6.98. The summed E-state index contributed by atoms with van der Waals surface area (Å²) < 4.78 is 8.99. The van der Waals surface area contributed by atoms with Crippen LogP contribution in [0.25, 0.3) is 43.6 Å². The molecule has 0 saturated heterocycles. The van der Waals surface area contributed by atoms with Crippen LogP contribution in [0.5, 0.6) is 0 Å². The summed E-state index contributed by atoms with van der Waals surface area (Å²) in [5.41, 5.74) is 12.3. The van der Waals surface area contributed by atoms with Gasteiger partial charge in [-0.2, -0.15) is 0 Å². The monoisotopic (exact) mass is 1180 g/mol. The Morgan fingerprint density at radius 2 is 0.586 bits per heavy atom. The molecule has 8 N–H and O–H groups in total. The van der Waals surface area contributed by atoms with Gasteiger partial charge >= 0.3 is 0 Å². The van der Waals surface area contributed by atoms with Crippen LogP contribution in [0.2, 0.25) is 0 Å². The van der Waals surface area contributed by atoms with Crippen molar-refractivity contribution in [1.82, 2.24) is 60.8 Å². The van der Waals surface area contributed by atoms with Crippen molar-refractivity contribution in [3.63, 3.8) is 0 Å². The zero-order valence-corrected chi connectivity index (χ0v) is 50.6. The van der Waals surface area contributed by atoms with E-state index in [-0.39, 0.29) is 47.3 Å². The van der Waals surface area contributed by atoms with Crippen molar-refractivity contribution in [3.8, 4) is 0 Å². The number of rotatable bonds is 19. The topological polar surface area (TPSA) is 253 Å². The molecule has 87 heavy (non-hydrogen) atoms. The number of para-hydroxylation sites is 4. The molecule has 12 rings (SSSR count). The molecule has 0 spiro atoms. The van der Waals surface area contributed by atoms with E-state index in [4.69, 9.17) is 0 Å². The van der Waals surface area contributed by atoms with Crippen molar-refractivity contribution in [3.05, 3.63) is 142 Å². The van der Waals surface area contributed by atoms with Crippen LogP contribution in [-0.2, 0) is 71.0 Å². The molecule has 458 valence electrons. The van der Waals surface area contributed by atoms with Crippen molar-refractivity contribution in [2.45, 2.75) is 125 Å². The second-order valence-electron chi connectivity index (χ2n) is 22.4. The lowest BCUT2D eigenvalue weighted by Crippen LogP contribution is -2.33. The lowest BCUT2D eigenvalue weighted by atomic mass is 10.1. The minimum Gasteiger partial charge on any atom is -0.356 e. The maximum absolute atomic E-state index is 12.3. The Kier molecular flexibility index (Phi) is 21.3. The van der Waals surface area contributed by atoms with E-state index >= 15 is 0 Å². The zero-order valence-electron chi connectivity index (χ0n) is 50.6. The van der Waals surface area contributed by atoms with Crippen LogP contribution in [0.3, 0.4) is 0 Å². The number of carbonyl (C=O) groups is 8. The molecule has 4 aliphatic rings. The van der Waals surface area contributed by atoms with Crippen LogP contribution < -0.4 is 42.5 Å². The lowest BCUT2D eigenvalue weighted by molar-refractivity contribution is -0.119. The molecule has 8 aromatic rings. The highest BCUT2D eigenvalue weighted by molar-refractivity contribution is 6.12. The van der Waals surface area contributed by atoms with Gasteiger partial charge in [-0.05, 0) is 56.4 Å². The van der Waals surface area contributed by atoms with Gasteiger partial charge in [0.2, 0.25) is 23.6 Å². The van der Waals surface area contributed by atoms with Crippen LogP contribution in [0.4, 0.5) is 0 Å². The van der Waals surface area contributed by atoms with Crippen LogP contribution in [0.15, 0.2) is 97.1 Å². The minimum atomic E-state index is -0.0342. The number of fused-ring (bicyclic) bond motifs is 12. The van der Waals surface area contributed by atoms with E-state index in [1.807, 2.05) is 78.9 Å². The Hall–Kier alpha value is -9.20. The number of aromatic nitrogens is 4. The highest BCUT2D eigenvalue weighted by Crippen LogP contribution is 2.33. The van der Waals surface area contributed by atoms with Crippen molar-refractivity contribution >= 4 is 90.9 Å². The van der Waals surface area contributed by atoms with Gasteiger partial charge in [0.15, 0.2) is 0 Å². The molecular weight excluding hydrogens is 1100 g/mol. The number of aryl methyl sites for hydroxylation is 3. The van der Waals surface area contributed by atoms with Gasteiger partial charge in [-0.1, -0.05) is 85.6 Å². The fourth-order valence-electron chi connectivity index (χ4n) is 12.5. The number of benzene rings is 4. The quantitative estimate of drug-likeness (QED) is 0.0391. The van der Waals surface area contributed by atoms with E-state index in [0.717, 1.165) is 186 Å². The van der Waals surface area contributed by atoms with Gasteiger partial charge in [0.05, 0.1) is 22.3 Å². The van der Waals surface area contributed by atoms with E-state index in [1.165, 1.54) is 26.5 Å². The average molecular weight is 1180 g/mol. The third-order valence-corrected chi connectivity index (χ3v) is 16.3. The Morgan fingerprint density at radius 1 is 0.333 bits per heavy atom. The summed E-state index contributed by atoms with van der Waals surface area (Å²) in [6.45, 7) is 14.9. The first-order valence-electron chi connectivity index (χ1n) is 30.7. The number of nitrogens with one attached hydrogen (secondary N) is 8. The summed E-state index contributed by atoms with van der Waals surface area (Å²) >= 11 is 0. The van der Waals surface area contributed by atoms with Crippen molar-refractivity contribution < 1.29 is 38.4 Å². The van der Waals surface area contributed by atoms with Gasteiger partial charge in [-0.15, -0.1) is 0 Å². The number of hydrogen-bond donors (Lipinski definition) is 8. The van der Waals surface area contributed by atoms with Crippen LogP contribution >= 0.6 is 0 Å². The first-order chi connectivity index (χ1) is 42.2. The van der Waals surface area contributed by atoms with Gasteiger partial charge < -0.3 is 60.8 Å². The largest absolute Gasteiger partial charge is 0.356 e. The molecule has 0 saturated carbocycles. The third kappa shape index (κ3) is 14.9. The fraction of sp³-hybridized carbons (Fsp3) is 0.403. The molecule has 4 aromatic heterocycles. The van der Waals surface area contributed by atoms with E-state index in [0.29, 0.717) is 45.8 Å². The molecule has 20 heteroatoms. The first kappa shape index (κ1) is 62.3. The van der Waals surface area contributed by atoms with Gasteiger partial charge in [0, 0.05) is 198 Å². The van der Waals surface area contributed by atoms with Crippen LogP contribution in [0, 0.1) is 0 Å². The van der Waals surface area contributed by atoms with Gasteiger partial charge in [0.1, 0.15) is 0 Å².